The molecule has 0 saturated heterocycles. The summed E-state index contributed by atoms with van der Waals surface area (Å²) in [7, 11) is 0. The van der Waals surface area contributed by atoms with Crippen molar-refractivity contribution in [2.24, 2.45) is 0 Å². The molecular weight excluding hydrogens is 290 g/mol. The number of nitrogens with one attached hydrogen (secondary N) is 1. The van der Waals surface area contributed by atoms with E-state index in [0.717, 1.165) is 16.8 Å². The van der Waals surface area contributed by atoms with Gasteiger partial charge in [0, 0.05) is 12.1 Å². The quantitative estimate of drug-likeness (QED) is 0.708. The van der Waals surface area contributed by atoms with Crippen LogP contribution in [0.2, 0.25) is 0 Å². The molecular formula is C19H17NOS. The zero-order valence-electron chi connectivity index (χ0n) is 12.1. The molecule has 0 atom stereocenters. The van der Waals surface area contributed by atoms with Crippen LogP contribution in [0.1, 0.15) is 16.8 Å². The number of rotatable bonds is 4. The van der Waals surface area contributed by atoms with Crippen LogP contribution in [0.15, 0.2) is 78.9 Å². The van der Waals surface area contributed by atoms with Gasteiger partial charge < -0.3 is 10.1 Å². The summed E-state index contributed by atoms with van der Waals surface area (Å²) in [5.41, 5.74) is 1.54. The van der Waals surface area contributed by atoms with Gasteiger partial charge in [0.2, 0.25) is 0 Å². The highest BCUT2D eigenvalue weighted by Crippen LogP contribution is 2.32. The predicted molar refractivity (Wildman–Crippen MR) is 91.2 cm³/mol. The van der Waals surface area contributed by atoms with E-state index in [1.807, 2.05) is 78.9 Å². The van der Waals surface area contributed by atoms with Crippen molar-refractivity contribution in [3.05, 3.63) is 100 Å². The van der Waals surface area contributed by atoms with Gasteiger partial charge in [-0.15, -0.1) is 0 Å². The topological polar surface area (TPSA) is 36.0 Å². The summed E-state index contributed by atoms with van der Waals surface area (Å²) in [5.74, 6) is 0. The highest BCUT2D eigenvalue weighted by atomic mass is 32.1. The second-order valence-electron chi connectivity index (χ2n) is 5.31. The predicted octanol–water partition coefficient (Wildman–Crippen LogP) is 4.22. The van der Waals surface area contributed by atoms with Gasteiger partial charge in [-0.05, 0) is 23.3 Å². The van der Waals surface area contributed by atoms with Crippen LogP contribution < -0.4 is 0 Å². The average Bonchev–Trinajstić information content (AvgIpc) is 2.56. The molecule has 3 aromatic rings. The van der Waals surface area contributed by atoms with Crippen LogP contribution in [0, 0.1) is 4.64 Å². The lowest BCUT2D eigenvalue weighted by Gasteiger charge is -2.29. The molecule has 2 nitrogen and oxygen atoms in total. The second kappa shape index (κ2) is 6.26. The molecule has 3 heteroatoms. The van der Waals surface area contributed by atoms with Crippen LogP contribution in [-0.4, -0.2) is 10.1 Å². The van der Waals surface area contributed by atoms with Crippen LogP contribution in [0.25, 0.3) is 0 Å². The van der Waals surface area contributed by atoms with Crippen LogP contribution in [0.5, 0.6) is 0 Å². The highest BCUT2D eigenvalue weighted by Gasteiger charge is 2.31. The van der Waals surface area contributed by atoms with Crippen molar-refractivity contribution in [3.8, 4) is 0 Å². The maximum absolute atomic E-state index is 11.4. The lowest BCUT2D eigenvalue weighted by atomic mass is 9.82. The summed E-state index contributed by atoms with van der Waals surface area (Å²) in [5, 5.41) is 11.4. The Hall–Kier alpha value is -2.23. The molecule has 1 heterocycles. The molecule has 110 valence electrons. The van der Waals surface area contributed by atoms with E-state index in [9.17, 15) is 5.11 Å². The summed E-state index contributed by atoms with van der Waals surface area (Å²) < 4.78 is 0.668. The van der Waals surface area contributed by atoms with Crippen LogP contribution in [0.4, 0.5) is 0 Å². The minimum atomic E-state index is -1.10. The van der Waals surface area contributed by atoms with Gasteiger partial charge in [-0.1, -0.05) is 78.9 Å². The Morgan fingerprint density at radius 3 is 1.82 bits per heavy atom. The lowest BCUT2D eigenvalue weighted by Crippen LogP contribution is -2.30. The number of aromatic nitrogens is 1. The van der Waals surface area contributed by atoms with Gasteiger partial charge in [-0.3, -0.25) is 0 Å². The van der Waals surface area contributed by atoms with E-state index in [1.54, 1.807) is 0 Å². The minimum Gasteiger partial charge on any atom is -0.380 e. The van der Waals surface area contributed by atoms with Crippen molar-refractivity contribution in [1.82, 2.24) is 4.98 Å². The number of hydrogen-bond acceptors (Lipinski definition) is 2. The smallest absolute Gasteiger partial charge is 0.120 e. The molecule has 0 unspecified atom stereocenters. The molecule has 0 amide bonds. The standard InChI is InChI=1S/C19H17NOS/c21-19(15-8-3-1-4-9-15,16-10-5-2-6-11-16)14-17-12-7-13-18(22)20-17/h1-13,21H,14H2,(H,20,22). The maximum atomic E-state index is 11.4. The Labute approximate surface area is 135 Å². The Morgan fingerprint density at radius 2 is 1.32 bits per heavy atom. The zero-order chi connectivity index (χ0) is 15.4. The first kappa shape index (κ1) is 14.7. The molecule has 0 saturated carbocycles. The first-order valence-electron chi connectivity index (χ1n) is 7.20. The van der Waals surface area contributed by atoms with Crippen molar-refractivity contribution in [2.45, 2.75) is 12.0 Å². The van der Waals surface area contributed by atoms with Gasteiger partial charge in [0.25, 0.3) is 0 Å². The number of benzene rings is 2. The van der Waals surface area contributed by atoms with E-state index < -0.39 is 5.60 Å². The first-order valence-corrected chi connectivity index (χ1v) is 7.61. The van der Waals surface area contributed by atoms with Gasteiger partial charge in [0.05, 0.1) is 0 Å². The minimum absolute atomic E-state index is 0.436. The largest absolute Gasteiger partial charge is 0.380 e. The molecule has 0 fully saturated rings. The van der Waals surface area contributed by atoms with E-state index in [1.165, 1.54) is 0 Å². The molecule has 0 aliphatic heterocycles. The normalized spacial score (nSPS) is 11.3. The van der Waals surface area contributed by atoms with E-state index >= 15 is 0 Å². The van der Waals surface area contributed by atoms with Gasteiger partial charge >= 0.3 is 0 Å². The second-order valence-corrected chi connectivity index (χ2v) is 5.75. The molecule has 2 aromatic carbocycles. The maximum Gasteiger partial charge on any atom is 0.120 e. The highest BCUT2D eigenvalue weighted by molar-refractivity contribution is 7.71. The Bertz CT molecular complexity index is 757. The first-order chi connectivity index (χ1) is 10.7. The average molecular weight is 307 g/mol. The van der Waals surface area contributed by atoms with Crippen molar-refractivity contribution in [3.63, 3.8) is 0 Å². The summed E-state index contributed by atoms with van der Waals surface area (Å²) >= 11 is 5.18. The summed E-state index contributed by atoms with van der Waals surface area (Å²) in [6, 6.07) is 25.2. The summed E-state index contributed by atoms with van der Waals surface area (Å²) in [6.07, 6.45) is 0.436. The molecule has 1 aromatic heterocycles. The van der Waals surface area contributed by atoms with Crippen molar-refractivity contribution >= 4 is 12.2 Å². The van der Waals surface area contributed by atoms with E-state index in [0.29, 0.717) is 11.1 Å². The molecule has 3 rings (SSSR count). The van der Waals surface area contributed by atoms with E-state index in [2.05, 4.69) is 4.98 Å². The molecule has 0 spiro atoms. The molecule has 0 bridgehead atoms. The Kier molecular flexibility index (Phi) is 4.18. The van der Waals surface area contributed by atoms with Crippen LogP contribution >= 0.6 is 12.2 Å². The third kappa shape index (κ3) is 3.01. The van der Waals surface area contributed by atoms with Crippen LogP contribution in [0.3, 0.4) is 0 Å². The zero-order valence-corrected chi connectivity index (χ0v) is 12.9. The monoisotopic (exact) mass is 307 g/mol. The molecule has 22 heavy (non-hydrogen) atoms. The summed E-state index contributed by atoms with van der Waals surface area (Å²) in [6.45, 7) is 0. The van der Waals surface area contributed by atoms with Gasteiger partial charge in [-0.2, -0.15) is 0 Å². The van der Waals surface area contributed by atoms with E-state index in [4.69, 9.17) is 12.2 Å². The third-order valence-corrected chi connectivity index (χ3v) is 4.02. The Balaban J connectivity index is 2.09. The number of aliphatic hydroxyl groups is 1. The van der Waals surface area contributed by atoms with E-state index in [-0.39, 0.29) is 0 Å². The van der Waals surface area contributed by atoms with Gasteiger partial charge in [-0.25, -0.2) is 0 Å². The molecule has 0 aliphatic rings. The number of aromatic amines is 1. The van der Waals surface area contributed by atoms with Crippen molar-refractivity contribution in [1.29, 1.82) is 0 Å². The fraction of sp³-hybridized carbons (Fsp3) is 0.105. The Morgan fingerprint density at radius 1 is 0.773 bits per heavy atom. The van der Waals surface area contributed by atoms with Crippen LogP contribution in [-0.2, 0) is 12.0 Å². The van der Waals surface area contributed by atoms with Gasteiger partial charge in [0.1, 0.15) is 10.2 Å². The third-order valence-electron chi connectivity index (χ3n) is 3.78. The molecule has 0 aliphatic carbocycles. The van der Waals surface area contributed by atoms with Gasteiger partial charge in [0.15, 0.2) is 0 Å². The molecule has 2 N–H and O–H groups in total. The number of H-pyrrole nitrogens is 1. The SMILES string of the molecule is OC(Cc1cccc(=S)[nH]1)(c1ccccc1)c1ccccc1. The molecule has 0 radical (unpaired) electrons. The summed E-state index contributed by atoms with van der Waals surface area (Å²) in [4.78, 5) is 3.16. The van der Waals surface area contributed by atoms with Crippen molar-refractivity contribution < 1.29 is 5.11 Å². The number of pyridine rings is 1. The number of hydrogen-bond donors (Lipinski definition) is 2. The lowest BCUT2D eigenvalue weighted by molar-refractivity contribution is 0.0800. The fourth-order valence-electron chi connectivity index (χ4n) is 2.67. The van der Waals surface area contributed by atoms with Crippen molar-refractivity contribution in [2.75, 3.05) is 0 Å². The fourth-order valence-corrected chi connectivity index (χ4v) is 2.88.